The lowest BCUT2D eigenvalue weighted by molar-refractivity contribution is 0.0598. The Labute approximate surface area is 249 Å². The summed E-state index contributed by atoms with van der Waals surface area (Å²) in [5.74, 6) is -2.65. The first kappa shape index (κ1) is 30.8. The van der Waals surface area contributed by atoms with E-state index in [4.69, 9.17) is 14.9 Å². The second kappa shape index (κ2) is 12.4. The zero-order valence-corrected chi connectivity index (χ0v) is 24.0. The van der Waals surface area contributed by atoms with E-state index >= 15 is 0 Å². The molecule has 1 aliphatic rings. The Hall–Kier alpha value is -5.15. The predicted octanol–water partition coefficient (Wildman–Crippen LogP) is 1.74. The lowest BCUT2D eigenvalue weighted by Crippen LogP contribution is -2.29. The molecule has 6 rings (SSSR count). The minimum absolute atomic E-state index is 0. The second-order valence-corrected chi connectivity index (χ2v) is 9.52. The number of nitrogens with two attached hydrogens (primary N) is 1. The molecular weight excluding hydrogens is 584 g/mol. The molecule has 43 heavy (non-hydrogen) atoms. The number of carboxylic acid groups (broad SMARTS) is 1. The number of hydrogen-bond acceptors (Lipinski definition) is 11. The van der Waals surface area contributed by atoms with Crippen LogP contribution >= 0.6 is 12.4 Å². The molecule has 3 heterocycles. The summed E-state index contributed by atoms with van der Waals surface area (Å²) in [4.78, 5) is 51.0. The van der Waals surface area contributed by atoms with Crippen LogP contribution < -0.4 is 16.8 Å². The number of methoxy groups -OCH3 is 1. The first-order valence-electron chi connectivity index (χ1n) is 12.8. The van der Waals surface area contributed by atoms with Crippen molar-refractivity contribution in [2.45, 2.75) is 32.4 Å². The van der Waals surface area contributed by atoms with Gasteiger partial charge in [0.25, 0.3) is 11.7 Å². The van der Waals surface area contributed by atoms with Crippen LogP contribution in [0.2, 0.25) is 0 Å². The Kier molecular flexibility index (Phi) is 8.87. The van der Waals surface area contributed by atoms with E-state index in [1.165, 1.54) is 11.7 Å². The van der Waals surface area contributed by atoms with Gasteiger partial charge in [-0.05, 0) is 70.6 Å². The lowest BCUT2D eigenvalue weighted by Gasteiger charge is -2.16. The highest BCUT2D eigenvalue weighted by Gasteiger charge is 2.29. The van der Waals surface area contributed by atoms with Crippen molar-refractivity contribution in [3.63, 3.8) is 0 Å². The largest absolute Gasteiger partial charge is 0.477 e. The van der Waals surface area contributed by atoms with Crippen molar-refractivity contribution < 1.29 is 28.6 Å². The third kappa shape index (κ3) is 5.80. The van der Waals surface area contributed by atoms with Crippen LogP contribution in [0.3, 0.4) is 0 Å². The molecule has 0 bridgehead atoms. The van der Waals surface area contributed by atoms with E-state index in [0.717, 1.165) is 38.4 Å². The number of tetrazole rings is 1. The van der Waals surface area contributed by atoms with E-state index in [-0.39, 0.29) is 41.4 Å². The summed E-state index contributed by atoms with van der Waals surface area (Å²) in [6.07, 6.45) is 1.33. The van der Waals surface area contributed by atoms with Crippen molar-refractivity contribution in [2.24, 2.45) is 12.8 Å². The maximum Gasteiger partial charge on any atom is 0.419 e. The van der Waals surface area contributed by atoms with E-state index in [1.54, 1.807) is 25.2 Å². The van der Waals surface area contributed by atoms with Gasteiger partial charge in [-0.25, -0.2) is 19.4 Å². The van der Waals surface area contributed by atoms with Crippen LogP contribution in [0, 0.1) is 6.92 Å². The minimum atomic E-state index is -1.29. The minimum Gasteiger partial charge on any atom is -0.477 e. The summed E-state index contributed by atoms with van der Waals surface area (Å²) >= 11 is 0. The van der Waals surface area contributed by atoms with E-state index in [2.05, 4.69) is 25.8 Å². The van der Waals surface area contributed by atoms with Crippen molar-refractivity contribution >= 4 is 47.1 Å². The number of esters is 1. The van der Waals surface area contributed by atoms with Crippen LogP contribution in [0.15, 0.2) is 45.6 Å². The molecule has 3 aromatic heterocycles. The van der Waals surface area contributed by atoms with Gasteiger partial charge in [-0.2, -0.15) is 4.52 Å². The number of aromatic carboxylic acids is 1. The molecule has 2 aromatic carbocycles. The number of carbonyl (C=O) groups excluding carboxylic acids is 2. The third-order valence-electron chi connectivity index (χ3n) is 7.12. The Morgan fingerprint density at radius 1 is 1.21 bits per heavy atom. The number of ether oxygens (including phenoxy) is 1. The van der Waals surface area contributed by atoms with E-state index in [1.807, 2.05) is 19.1 Å². The van der Waals surface area contributed by atoms with Gasteiger partial charge in [0.15, 0.2) is 11.3 Å². The molecule has 5 aromatic rings. The zero-order valence-electron chi connectivity index (χ0n) is 23.2. The fourth-order valence-corrected chi connectivity index (χ4v) is 4.90. The van der Waals surface area contributed by atoms with Gasteiger partial charge < -0.3 is 25.3 Å². The molecule has 0 fully saturated rings. The first-order chi connectivity index (χ1) is 20.1. The molecule has 0 saturated carbocycles. The monoisotopic (exact) mass is 610 g/mol. The average molecular weight is 611 g/mol. The number of carbonyl (C=O) groups is 3. The van der Waals surface area contributed by atoms with Crippen molar-refractivity contribution in [3.05, 3.63) is 86.2 Å². The molecular formula is C27H27ClN8O7. The normalized spacial score (nSPS) is 13.5. The number of nitrogens with one attached hydrogen (secondary N) is 1. The van der Waals surface area contributed by atoms with Gasteiger partial charge in [-0.3, -0.25) is 9.36 Å². The van der Waals surface area contributed by atoms with Crippen molar-refractivity contribution in [3.8, 4) is 0 Å². The Bertz CT molecular complexity index is 1930. The molecule has 1 atom stereocenters. The predicted molar refractivity (Wildman–Crippen MR) is 153 cm³/mol. The van der Waals surface area contributed by atoms with Crippen LogP contribution in [0.5, 0.6) is 0 Å². The van der Waals surface area contributed by atoms with E-state index in [9.17, 15) is 24.3 Å². The van der Waals surface area contributed by atoms with E-state index in [0.29, 0.717) is 30.5 Å². The fraction of sp³-hybridized carbons (Fsp3) is 0.259. The lowest BCUT2D eigenvalue weighted by atomic mass is 9.98. The highest BCUT2D eigenvalue weighted by molar-refractivity contribution is 5.96. The molecule has 1 aliphatic carbocycles. The number of aryl methyl sites for hydroxylation is 1. The molecule has 15 nitrogen and oxygen atoms in total. The molecule has 224 valence electrons. The van der Waals surface area contributed by atoms with Gasteiger partial charge in [0.2, 0.25) is 0 Å². The summed E-state index contributed by atoms with van der Waals surface area (Å²) < 4.78 is 12.3. The van der Waals surface area contributed by atoms with Crippen LogP contribution in [0.25, 0.3) is 16.9 Å². The Morgan fingerprint density at radius 3 is 2.67 bits per heavy atom. The number of nitrogens with zero attached hydrogens (tertiary/aromatic N) is 6. The molecule has 0 saturated heterocycles. The molecule has 0 aliphatic heterocycles. The summed E-state index contributed by atoms with van der Waals surface area (Å²) in [5.41, 5.74) is 10.7. The van der Waals surface area contributed by atoms with Crippen molar-refractivity contribution in [1.29, 1.82) is 0 Å². The standard InChI is InChI=1S/C18H16N6O5.C9H10N2O2.ClH/c1-8-9-5-6-12(11(9)4-3-10(8)17(28)29-2)19-15(25)14-7-13(16(26)27)20-18-21-22-23-24(14)18;1-11-7-4-6(5-10)2-3-8(7)13-9(11)12;/h3-4,7,12H,5-6H2,1-2H3,(H,19,25)(H,26,27);2-4H,5,10H2,1H3;1H/t12-;;/m0../s1. The van der Waals surface area contributed by atoms with Gasteiger partial charge in [0.05, 0.1) is 24.2 Å². The number of aromatic nitrogens is 6. The summed E-state index contributed by atoms with van der Waals surface area (Å²) in [7, 11) is 3.01. The van der Waals surface area contributed by atoms with Crippen LogP contribution in [0.1, 0.15) is 66.1 Å². The van der Waals surface area contributed by atoms with Crippen molar-refractivity contribution in [1.82, 2.24) is 34.9 Å². The molecule has 0 unspecified atom stereocenters. The summed E-state index contributed by atoms with van der Waals surface area (Å²) in [6, 6.07) is 9.79. The number of carboxylic acids is 1. The highest BCUT2D eigenvalue weighted by Crippen LogP contribution is 2.35. The van der Waals surface area contributed by atoms with Gasteiger partial charge in [-0.15, -0.1) is 12.4 Å². The fourth-order valence-electron chi connectivity index (χ4n) is 4.90. The highest BCUT2D eigenvalue weighted by atomic mass is 35.5. The molecule has 0 spiro atoms. The summed E-state index contributed by atoms with van der Waals surface area (Å²) in [5, 5.41) is 22.9. The summed E-state index contributed by atoms with van der Waals surface area (Å²) in [6.45, 7) is 2.32. The SMILES string of the molecule is COC(=O)c1ccc2c(c1C)CC[C@@H]2NC(=O)c1cc(C(=O)O)nc2nnnn12.Cl.Cn1c(=O)oc2ccc(CN)cc21. The van der Waals surface area contributed by atoms with Gasteiger partial charge in [0, 0.05) is 19.7 Å². The third-order valence-corrected chi connectivity index (χ3v) is 7.12. The van der Waals surface area contributed by atoms with Crippen molar-refractivity contribution in [2.75, 3.05) is 7.11 Å². The van der Waals surface area contributed by atoms with Gasteiger partial charge in [-0.1, -0.05) is 17.2 Å². The maximum atomic E-state index is 12.9. The topological polar surface area (TPSA) is 210 Å². The molecule has 0 radical (unpaired) electrons. The van der Waals surface area contributed by atoms with Crippen LogP contribution in [-0.2, 0) is 24.8 Å². The number of halogens is 1. The maximum absolute atomic E-state index is 12.9. The molecule has 1 amide bonds. The molecule has 16 heteroatoms. The number of hydrogen-bond donors (Lipinski definition) is 3. The first-order valence-corrected chi connectivity index (χ1v) is 12.8. The van der Waals surface area contributed by atoms with Gasteiger partial charge in [0.1, 0.15) is 5.69 Å². The number of oxazole rings is 1. The van der Waals surface area contributed by atoms with Crippen LogP contribution in [-0.4, -0.2) is 59.7 Å². The van der Waals surface area contributed by atoms with Gasteiger partial charge >= 0.3 is 17.7 Å². The Morgan fingerprint density at radius 2 is 1.98 bits per heavy atom. The van der Waals surface area contributed by atoms with Crippen LogP contribution in [0.4, 0.5) is 0 Å². The second-order valence-electron chi connectivity index (χ2n) is 9.52. The Balaban J connectivity index is 0.000000253. The zero-order chi connectivity index (χ0) is 30.1. The van der Waals surface area contributed by atoms with E-state index < -0.39 is 17.8 Å². The quantitative estimate of drug-likeness (QED) is 0.243. The number of amides is 1. The average Bonchev–Trinajstić information content (AvgIpc) is 3.70. The molecule has 4 N–H and O–H groups in total. The number of fused-ring (bicyclic) bond motifs is 3. The number of rotatable bonds is 5. The number of benzene rings is 2. The smallest absolute Gasteiger partial charge is 0.419 e.